The number of carbonyl (C=O) groups is 1. The molecule has 2 heterocycles. The Morgan fingerprint density at radius 1 is 0.964 bits per heavy atom. The SMILES string of the molecule is Cc1ccc(-c2oc3cc(C)c(C)cc3c(=O)c2OC(=O)c2ccco2)cc1. The van der Waals surface area contributed by atoms with Gasteiger partial charge < -0.3 is 13.6 Å². The number of carbonyl (C=O) groups excluding carboxylic acids is 1. The van der Waals surface area contributed by atoms with Gasteiger partial charge in [0.15, 0.2) is 5.76 Å². The Morgan fingerprint density at radius 2 is 1.68 bits per heavy atom. The molecule has 0 radical (unpaired) electrons. The number of ether oxygens (including phenoxy) is 1. The van der Waals surface area contributed by atoms with Crippen LogP contribution in [0.3, 0.4) is 0 Å². The van der Waals surface area contributed by atoms with E-state index in [1.54, 1.807) is 12.1 Å². The fourth-order valence-corrected chi connectivity index (χ4v) is 2.96. The molecule has 2 aromatic heterocycles. The van der Waals surface area contributed by atoms with Crippen molar-refractivity contribution in [1.29, 1.82) is 0 Å². The average molecular weight is 374 g/mol. The first-order valence-electron chi connectivity index (χ1n) is 8.85. The van der Waals surface area contributed by atoms with Crippen LogP contribution in [0.2, 0.25) is 0 Å². The number of fused-ring (bicyclic) bond motifs is 1. The molecule has 0 aliphatic rings. The highest BCUT2D eigenvalue weighted by Gasteiger charge is 2.22. The van der Waals surface area contributed by atoms with Crippen LogP contribution < -0.4 is 10.2 Å². The minimum absolute atomic E-state index is 0.00874. The van der Waals surface area contributed by atoms with Crippen molar-refractivity contribution in [2.45, 2.75) is 20.8 Å². The lowest BCUT2D eigenvalue weighted by Gasteiger charge is -2.11. The molecule has 28 heavy (non-hydrogen) atoms. The van der Waals surface area contributed by atoms with Crippen molar-refractivity contribution in [2.24, 2.45) is 0 Å². The number of rotatable bonds is 3. The molecule has 0 bridgehead atoms. The molecule has 140 valence electrons. The molecule has 4 rings (SSSR count). The van der Waals surface area contributed by atoms with E-state index in [0.717, 1.165) is 16.7 Å². The van der Waals surface area contributed by atoms with Crippen LogP contribution in [0.4, 0.5) is 0 Å². The largest absolute Gasteiger partial charge is 0.457 e. The van der Waals surface area contributed by atoms with Crippen LogP contribution in [0.15, 0.2) is 68.4 Å². The average Bonchev–Trinajstić information content (AvgIpc) is 3.21. The lowest BCUT2D eigenvalue weighted by Crippen LogP contribution is -2.16. The molecule has 5 nitrogen and oxygen atoms in total. The minimum Gasteiger partial charge on any atom is -0.457 e. The summed E-state index contributed by atoms with van der Waals surface area (Å²) in [5.74, 6) is -0.690. The maximum absolute atomic E-state index is 13.2. The van der Waals surface area contributed by atoms with Gasteiger partial charge in [-0.3, -0.25) is 4.79 Å². The highest BCUT2D eigenvalue weighted by molar-refractivity contribution is 5.91. The third-order valence-electron chi connectivity index (χ3n) is 4.70. The van der Waals surface area contributed by atoms with E-state index in [-0.39, 0.29) is 17.3 Å². The highest BCUT2D eigenvalue weighted by atomic mass is 16.6. The van der Waals surface area contributed by atoms with Gasteiger partial charge in [0.1, 0.15) is 5.58 Å². The summed E-state index contributed by atoms with van der Waals surface area (Å²) in [7, 11) is 0. The summed E-state index contributed by atoms with van der Waals surface area (Å²) >= 11 is 0. The van der Waals surface area contributed by atoms with Gasteiger partial charge in [-0.25, -0.2) is 4.79 Å². The van der Waals surface area contributed by atoms with Gasteiger partial charge in [0.05, 0.1) is 11.6 Å². The van der Waals surface area contributed by atoms with Gasteiger partial charge in [0.25, 0.3) is 0 Å². The monoisotopic (exact) mass is 374 g/mol. The fraction of sp³-hybridized carbons (Fsp3) is 0.130. The van der Waals surface area contributed by atoms with Gasteiger partial charge in [-0.05, 0) is 56.2 Å². The van der Waals surface area contributed by atoms with Gasteiger partial charge in [-0.15, -0.1) is 0 Å². The third-order valence-corrected chi connectivity index (χ3v) is 4.70. The zero-order valence-corrected chi connectivity index (χ0v) is 15.7. The number of aryl methyl sites for hydroxylation is 3. The van der Waals surface area contributed by atoms with Gasteiger partial charge in [0, 0.05) is 5.56 Å². The number of hydrogen-bond acceptors (Lipinski definition) is 5. The Morgan fingerprint density at radius 3 is 2.36 bits per heavy atom. The topological polar surface area (TPSA) is 69.7 Å². The van der Waals surface area contributed by atoms with E-state index in [4.69, 9.17) is 13.6 Å². The van der Waals surface area contributed by atoms with E-state index >= 15 is 0 Å². The molecule has 0 amide bonds. The first-order chi connectivity index (χ1) is 13.4. The molecule has 5 heteroatoms. The summed E-state index contributed by atoms with van der Waals surface area (Å²) in [5.41, 5.74) is 3.70. The molecule has 0 aliphatic carbocycles. The molecule has 0 atom stereocenters. The second kappa shape index (κ2) is 6.85. The van der Waals surface area contributed by atoms with Crippen LogP contribution in [-0.2, 0) is 0 Å². The zero-order valence-electron chi connectivity index (χ0n) is 15.7. The van der Waals surface area contributed by atoms with Crippen molar-refractivity contribution in [3.63, 3.8) is 0 Å². The van der Waals surface area contributed by atoms with E-state index in [2.05, 4.69) is 0 Å². The summed E-state index contributed by atoms with van der Waals surface area (Å²) in [6, 6.07) is 14.1. The normalized spacial score (nSPS) is 11.0. The van der Waals surface area contributed by atoms with Crippen molar-refractivity contribution in [1.82, 2.24) is 0 Å². The van der Waals surface area contributed by atoms with Crippen molar-refractivity contribution in [2.75, 3.05) is 0 Å². The van der Waals surface area contributed by atoms with Gasteiger partial charge in [0.2, 0.25) is 16.9 Å². The van der Waals surface area contributed by atoms with Crippen molar-refractivity contribution >= 4 is 16.9 Å². The maximum Gasteiger partial charge on any atom is 0.379 e. The summed E-state index contributed by atoms with van der Waals surface area (Å²) < 4.78 is 16.6. The zero-order chi connectivity index (χ0) is 19.8. The van der Waals surface area contributed by atoms with Crippen LogP contribution in [0, 0.1) is 20.8 Å². The first kappa shape index (κ1) is 17.8. The predicted molar refractivity (Wildman–Crippen MR) is 106 cm³/mol. The summed E-state index contributed by atoms with van der Waals surface area (Å²) in [5, 5.41) is 0.362. The molecule has 0 spiro atoms. The summed E-state index contributed by atoms with van der Waals surface area (Å²) in [6.45, 7) is 5.83. The highest BCUT2D eigenvalue weighted by Crippen LogP contribution is 2.32. The van der Waals surface area contributed by atoms with E-state index in [0.29, 0.717) is 16.5 Å². The van der Waals surface area contributed by atoms with Crippen LogP contribution in [0.25, 0.3) is 22.3 Å². The summed E-state index contributed by atoms with van der Waals surface area (Å²) in [4.78, 5) is 25.6. The number of esters is 1. The fourth-order valence-electron chi connectivity index (χ4n) is 2.96. The number of furan rings is 1. The molecular weight excluding hydrogens is 356 g/mol. The molecule has 0 saturated heterocycles. The summed E-state index contributed by atoms with van der Waals surface area (Å²) in [6.07, 6.45) is 1.37. The minimum atomic E-state index is -0.756. The molecule has 0 fully saturated rings. The molecule has 2 aromatic carbocycles. The Hall–Kier alpha value is -3.60. The first-order valence-corrected chi connectivity index (χ1v) is 8.85. The number of hydrogen-bond donors (Lipinski definition) is 0. The Kier molecular flexibility index (Phi) is 4.35. The Balaban J connectivity index is 1.96. The third kappa shape index (κ3) is 3.11. The van der Waals surface area contributed by atoms with Crippen LogP contribution in [-0.4, -0.2) is 5.97 Å². The van der Waals surface area contributed by atoms with E-state index < -0.39 is 11.4 Å². The molecule has 0 saturated carbocycles. The second-order valence-corrected chi connectivity index (χ2v) is 6.75. The maximum atomic E-state index is 13.2. The van der Waals surface area contributed by atoms with Gasteiger partial charge in [-0.2, -0.15) is 0 Å². The van der Waals surface area contributed by atoms with Gasteiger partial charge in [-0.1, -0.05) is 29.8 Å². The van der Waals surface area contributed by atoms with E-state index in [1.165, 1.54) is 12.3 Å². The molecule has 0 N–H and O–H groups in total. The van der Waals surface area contributed by atoms with E-state index in [9.17, 15) is 9.59 Å². The van der Waals surface area contributed by atoms with Crippen LogP contribution in [0.5, 0.6) is 5.75 Å². The van der Waals surface area contributed by atoms with Crippen molar-refractivity contribution < 1.29 is 18.4 Å². The lowest BCUT2D eigenvalue weighted by molar-refractivity contribution is 0.0698. The standard InChI is InChI=1S/C23H18O5/c1-13-6-8-16(9-7-13)21-22(28-23(25)18-5-4-10-26-18)20(24)17-11-14(2)15(3)12-19(17)27-21/h4-12H,1-3H3. The Labute approximate surface area is 161 Å². The van der Waals surface area contributed by atoms with Crippen LogP contribution in [0.1, 0.15) is 27.2 Å². The van der Waals surface area contributed by atoms with Crippen molar-refractivity contribution in [3.8, 4) is 17.1 Å². The quantitative estimate of drug-likeness (QED) is 0.461. The van der Waals surface area contributed by atoms with E-state index in [1.807, 2.05) is 51.1 Å². The van der Waals surface area contributed by atoms with Gasteiger partial charge >= 0.3 is 5.97 Å². The number of benzene rings is 2. The Bertz CT molecular complexity index is 1230. The molecule has 0 unspecified atom stereocenters. The molecule has 4 aromatic rings. The van der Waals surface area contributed by atoms with Crippen LogP contribution >= 0.6 is 0 Å². The molecular formula is C23H18O5. The van der Waals surface area contributed by atoms with Crippen molar-refractivity contribution in [3.05, 3.63) is 87.5 Å². The predicted octanol–water partition coefficient (Wildman–Crippen LogP) is 5.20. The lowest BCUT2D eigenvalue weighted by atomic mass is 10.0. The second-order valence-electron chi connectivity index (χ2n) is 6.75. The molecule has 0 aliphatic heterocycles. The smallest absolute Gasteiger partial charge is 0.379 e.